The summed E-state index contributed by atoms with van der Waals surface area (Å²) >= 11 is 0. The number of rotatable bonds is 8. The molecule has 0 bridgehead atoms. The minimum absolute atomic E-state index is 0.00985. The molecule has 0 unspecified atom stereocenters. The fraction of sp³-hybridized carbons (Fsp3) is 0.278. The molecule has 2 rings (SSSR count). The minimum Gasteiger partial charge on any atom is -0.493 e. The first-order valence-electron chi connectivity index (χ1n) is 7.68. The highest BCUT2D eigenvalue weighted by atomic mass is 16.5. The molecule has 0 aliphatic rings. The van der Waals surface area contributed by atoms with Crippen LogP contribution in [0.3, 0.4) is 0 Å². The number of aliphatic hydroxyl groups is 1. The molecule has 0 aliphatic carbocycles. The third-order valence-electron chi connectivity index (χ3n) is 3.39. The molecule has 0 atom stereocenters. The standard InChI is InChI=1S/C18H22N2O4/c1-23-16-9-5-6-10-17(16)24-14-19-18(22)20(11-12-21)13-15-7-3-2-4-8-15/h2-10,21H,11-14H2,1H3,(H,19,22). The summed E-state index contributed by atoms with van der Waals surface area (Å²) in [6.45, 7) is 0.570. The number of aliphatic hydroxyl groups excluding tert-OH is 1. The summed E-state index contributed by atoms with van der Waals surface area (Å²) < 4.78 is 10.7. The van der Waals surface area contributed by atoms with Crippen LogP contribution in [0.5, 0.6) is 11.5 Å². The van der Waals surface area contributed by atoms with Crippen LogP contribution in [0.25, 0.3) is 0 Å². The summed E-state index contributed by atoms with van der Waals surface area (Å²) in [7, 11) is 1.56. The molecular weight excluding hydrogens is 308 g/mol. The Labute approximate surface area is 141 Å². The van der Waals surface area contributed by atoms with Crippen molar-refractivity contribution in [3.8, 4) is 11.5 Å². The minimum atomic E-state index is -0.303. The van der Waals surface area contributed by atoms with Crippen LogP contribution in [-0.2, 0) is 6.54 Å². The van der Waals surface area contributed by atoms with Crippen molar-refractivity contribution >= 4 is 6.03 Å². The van der Waals surface area contributed by atoms with Gasteiger partial charge in [0, 0.05) is 13.1 Å². The number of amides is 2. The maximum absolute atomic E-state index is 12.3. The number of carbonyl (C=O) groups is 1. The van der Waals surface area contributed by atoms with Gasteiger partial charge in [0.2, 0.25) is 0 Å². The van der Waals surface area contributed by atoms with E-state index in [1.807, 2.05) is 42.5 Å². The smallest absolute Gasteiger partial charge is 0.320 e. The van der Waals surface area contributed by atoms with Gasteiger partial charge >= 0.3 is 6.03 Å². The number of carbonyl (C=O) groups excluding carboxylic acids is 1. The van der Waals surface area contributed by atoms with E-state index in [1.54, 1.807) is 19.2 Å². The highest BCUT2D eigenvalue weighted by molar-refractivity contribution is 5.74. The second-order valence-corrected chi connectivity index (χ2v) is 5.05. The van der Waals surface area contributed by atoms with E-state index in [0.29, 0.717) is 18.0 Å². The van der Waals surface area contributed by atoms with Gasteiger partial charge in [-0.1, -0.05) is 42.5 Å². The fourth-order valence-corrected chi connectivity index (χ4v) is 2.20. The number of ether oxygens (including phenoxy) is 2. The Balaban J connectivity index is 1.88. The molecule has 24 heavy (non-hydrogen) atoms. The third-order valence-corrected chi connectivity index (χ3v) is 3.39. The van der Waals surface area contributed by atoms with E-state index in [0.717, 1.165) is 5.56 Å². The Morgan fingerprint density at radius 2 is 1.75 bits per heavy atom. The molecule has 6 heteroatoms. The summed E-state index contributed by atoms with van der Waals surface area (Å²) in [5.74, 6) is 1.15. The van der Waals surface area contributed by atoms with Gasteiger partial charge in [-0.25, -0.2) is 4.79 Å². The highest BCUT2D eigenvalue weighted by Crippen LogP contribution is 2.25. The molecule has 0 heterocycles. The predicted molar refractivity (Wildman–Crippen MR) is 91.0 cm³/mol. The van der Waals surface area contributed by atoms with Crippen molar-refractivity contribution < 1.29 is 19.4 Å². The first-order valence-corrected chi connectivity index (χ1v) is 7.68. The third kappa shape index (κ3) is 5.17. The molecule has 0 saturated heterocycles. The first-order chi connectivity index (χ1) is 11.7. The molecule has 128 valence electrons. The first kappa shape index (κ1) is 17.6. The summed E-state index contributed by atoms with van der Waals surface area (Å²) in [4.78, 5) is 13.8. The van der Waals surface area contributed by atoms with E-state index in [9.17, 15) is 4.79 Å². The van der Waals surface area contributed by atoms with Gasteiger partial charge in [0.25, 0.3) is 0 Å². The quantitative estimate of drug-likeness (QED) is 0.728. The Morgan fingerprint density at radius 1 is 1.08 bits per heavy atom. The number of urea groups is 1. The second-order valence-electron chi connectivity index (χ2n) is 5.05. The highest BCUT2D eigenvalue weighted by Gasteiger charge is 2.13. The van der Waals surface area contributed by atoms with Gasteiger partial charge in [0.15, 0.2) is 18.2 Å². The molecule has 6 nitrogen and oxygen atoms in total. The zero-order chi connectivity index (χ0) is 17.2. The molecule has 2 aromatic rings. The van der Waals surface area contributed by atoms with E-state index in [2.05, 4.69) is 5.32 Å². The van der Waals surface area contributed by atoms with Crippen molar-refractivity contribution in [2.75, 3.05) is 27.0 Å². The van der Waals surface area contributed by atoms with Crippen LogP contribution in [0, 0.1) is 0 Å². The molecular formula is C18H22N2O4. The topological polar surface area (TPSA) is 71.0 Å². The molecule has 0 spiro atoms. The number of nitrogens with one attached hydrogen (secondary N) is 1. The van der Waals surface area contributed by atoms with E-state index in [-0.39, 0.29) is 25.9 Å². The number of benzene rings is 2. The van der Waals surface area contributed by atoms with Crippen LogP contribution >= 0.6 is 0 Å². The molecule has 2 aromatic carbocycles. The number of methoxy groups -OCH3 is 1. The lowest BCUT2D eigenvalue weighted by Crippen LogP contribution is -2.42. The Kier molecular flexibility index (Phi) is 6.91. The van der Waals surface area contributed by atoms with Crippen molar-refractivity contribution in [3.05, 3.63) is 60.2 Å². The molecule has 0 aromatic heterocycles. The molecule has 0 aliphatic heterocycles. The largest absolute Gasteiger partial charge is 0.493 e. The molecule has 2 N–H and O–H groups in total. The van der Waals surface area contributed by atoms with Gasteiger partial charge in [0.05, 0.1) is 13.7 Å². The lowest BCUT2D eigenvalue weighted by Gasteiger charge is -2.22. The maximum Gasteiger partial charge on any atom is 0.320 e. The van der Waals surface area contributed by atoms with E-state index < -0.39 is 0 Å². The van der Waals surface area contributed by atoms with Crippen LogP contribution < -0.4 is 14.8 Å². The molecule has 2 amide bonds. The van der Waals surface area contributed by atoms with Crippen molar-refractivity contribution in [2.24, 2.45) is 0 Å². The normalized spacial score (nSPS) is 10.1. The van der Waals surface area contributed by atoms with Gasteiger partial charge in [-0.05, 0) is 17.7 Å². The van der Waals surface area contributed by atoms with Crippen LogP contribution in [0.4, 0.5) is 4.79 Å². The van der Waals surface area contributed by atoms with Crippen LogP contribution in [0.2, 0.25) is 0 Å². The maximum atomic E-state index is 12.3. The van der Waals surface area contributed by atoms with Crippen LogP contribution in [-0.4, -0.2) is 43.0 Å². The Bertz CT molecular complexity index is 634. The van der Waals surface area contributed by atoms with E-state index in [4.69, 9.17) is 14.6 Å². The summed E-state index contributed by atoms with van der Waals surface area (Å²) in [5.41, 5.74) is 0.992. The number of para-hydroxylation sites is 2. The summed E-state index contributed by atoms with van der Waals surface area (Å²) in [6, 6.07) is 16.5. The zero-order valence-electron chi connectivity index (χ0n) is 13.6. The SMILES string of the molecule is COc1ccccc1OCNC(=O)N(CCO)Cc1ccccc1. The number of hydrogen-bond donors (Lipinski definition) is 2. The number of nitrogens with zero attached hydrogens (tertiary/aromatic N) is 1. The average Bonchev–Trinajstić information content (AvgIpc) is 2.62. The Hall–Kier alpha value is -2.73. The van der Waals surface area contributed by atoms with Crippen LogP contribution in [0.1, 0.15) is 5.56 Å². The van der Waals surface area contributed by atoms with E-state index in [1.165, 1.54) is 4.90 Å². The van der Waals surface area contributed by atoms with Crippen molar-refractivity contribution in [1.82, 2.24) is 10.2 Å². The van der Waals surface area contributed by atoms with Gasteiger partial charge in [-0.15, -0.1) is 0 Å². The average molecular weight is 330 g/mol. The van der Waals surface area contributed by atoms with Crippen LogP contribution in [0.15, 0.2) is 54.6 Å². The van der Waals surface area contributed by atoms with Crippen molar-refractivity contribution in [3.63, 3.8) is 0 Å². The van der Waals surface area contributed by atoms with Gasteiger partial charge < -0.3 is 24.8 Å². The Morgan fingerprint density at radius 3 is 2.42 bits per heavy atom. The second kappa shape index (κ2) is 9.42. The fourth-order valence-electron chi connectivity index (χ4n) is 2.20. The van der Waals surface area contributed by atoms with Crippen molar-refractivity contribution in [2.45, 2.75) is 6.54 Å². The monoisotopic (exact) mass is 330 g/mol. The lowest BCUT2D eigenvalue weighted by molar-refractivity contribution is 0.164. The molecule has 0 saturated carbocycles. The summed E-state index contributed by atoms with van der Waals surface area (Å²) in [6.07, 6.45) is 0. The molecule has 0 radical (unpaired) electrons. The van der Waals surface area contributed by atoms with E-state index >= 15 is 0 Å². The van der Waals surface area contributed by atoms with Gasteiger partial charge in [-0.3, -0.25) is 0 Å². The summed E-state index contributed by atoms with van der Waals surface area (Å²) in [5, 5.41) is 11.9. The lowest BCUT2D eigenvalue weighted by atomic mass is 10.2. The number of hydrogen-bond acceptors (Lipinski definition) is 4. The van der Waals surface area contributed by atoms with Gasteiger partial charge in [-0.2, -0.15) is 0 Å². The zero-order valence-corrected chi connectivity index (χ0v) is 13.6. The molecule has 0 fully saturated rings. The van der Waals surface area contributed by atoms with Gasteiger partial charge in [0.1, 0.15) is 0 Å². The van der Waals surface area contributed by atoms with Crippen molar-refractivity contribution in [1.29, 1.82) is 0 Å². The predicted octanol–water partition coefficient (Wildman–Crippen LogP) is 2.24.